The zero-order valence-corrected chi connectivity index (χ0v) is 25.4. The fraction of sp³-hybridized carbons (Fsp3) is 0.767. The van der Waals surface area contributed by atoms with E-state index in [1.54, 1.807) is 0 Å². The van der Waals surface area contributed by atoms with Crippen molar-refractivity contribution in [2.45, 2.75) is 110 Å². The number of hydrogen-bond acceptors (Lipinski definition) is 7. The van der Waals surface area contributed by atoms with E-state index in [-0.39, 0.29) is 12.6 Å². The summed E-state index contributed by atoms with van der Waals surface area (Å²) in [7, 11) is 1.96. The van der Waals surface area contributed by atoms with Gasteiger partial charge in [0.05, 0.1) is 19.8 Å². The molecule has 0 bridgehead atoms. The van der Waals surface area contributed by atoms with Crippen LogP contribution in [0, 0.1) is 0 Å². The predicted molar refractivity (Wildman–Crippen MR) is 156 cm³/mol. The van der Waals surface area contributed by atoms with E-state index in [1.165, 1.54) is 77.6 Å². The SMILES string of the molecule is CCCCCCCCCCCCCCOc1ccccc1CC(COP(O)OCCCN(C)C)OC(C)=O. The number of rotatable bonds is 25. The molecule has 2 atom stereocenters. The molecular weight excluding hydrogens is 501 g/mol. The van der Waals surface area contributed by atoms with Gasteiger partial charge in [0.1, 0.15) is 11.9 Å². The minimum absolute atomic E-state index is 0.0581. The van der Waals surface area contributed by atoms with E-state index in [0.717, 1.165) is 30.7 Å². The first-order valence-electron chi connectivity index (χ1n) is 14.7. The van der Waals surface area contributed by atoms with Gasteiger partial charge in [0.2, 0.25) is 0 Å². The maximum Gasteiger partial charge on any atom is 0.329 e. The average Bonchev–Trinajstić information content (AvgIpc) is 2.88. The zero-order chi connectivity index (χ0) is 27.8. The van der Waals surface area contributed by atoms with Crippen molar-refractivity contribution >= 4 is 14.6 Å². The number of carbonyl (C=O) groups is 1. The van der Waals surface area contributed by atoms with Gasteiger partial charge >= 0.3 is 14.6 Å². The van der Waals surface area contributed by atoms with Crippen LogP contribution in [0.25, 0.3) is 0 Å². The van der Waals surface area contributed by atoms with Crippen molar-refractivity contribution in [1.82, 2.24) is 4.90 Å². The van der Waals surface area contributed by atoms with Crippen LogP contribution in [0.4, 0.5) is 0 Å². The maximum atomic E-state index is 11.7. The summed E-state index contributed by atoms with van der Waals surface area (Å²) in [6.45, 7) is 5.66. The van der Waals surface area contributed by atoms with Gasteiger partial charge < -0.3 is 28.3 Å². The molecule has 0 radical (unpaired) electrons. The third-order valence-corrected chi connectivity index (χ3v) is 7.10. The smallest absolute Gasteiger partial charge is 0.329 e. The van der Waals surface area contributed by atoms with Gasteiger partial charge in [0.25, 0.3) is 0 Å². The number of nitrogens with zero attached hydrogens (tertiary/aromatic N) is 1. The molecule has 0 amide bonds. The lowest BCUT2D eigenvalue weighted by Gasteiger charge is -2.20. The fourth-order valence-electron chi connectivity index (χ4n) is 4.26. The largest absolute Gasteiger partial charge is 0.493 e. The van der Waals surface area contributed by atoms with Crippen molar-refractivity contribution in [1.29, 1.82) is 0 Å². The van der Waals surface area contributed by atoms with Gasteiger partial charge in [-0.05, 0) is 45.1 Å². The highest BCUT2D eigenvalue weighted by Gasteiger charge is 2.19. The van der Waals surface area contributed by atoms with Crippen molar-refractivity contribution < 1.29 is 28.2 Å². The molecule has 220 valence electrons. The Labute approximate surface area is 233 Å². The highest BCUT2D eigenvalue weighted by molar-refractivity contribution is 7.40. The van der Waals surface area contributed by atoms with Crippen LogP contribution in [0.3, 0.4) is 0 Å². The lowest BCUT2D eigenvalue weighted by molar-refractivity contribution is -0.147. The Hall–Kier alpha value is -1.24. The first-order valence-corrected chi connectivity index (χ1v) is 15.8. The second kappa shape index (κ2) is 23.6. The first kappa shape index (κ1) is 34.8. The van der Waals surface area contributed by atoms with Crippen LogP contribution < -0.4 is 4.74 Å². The summed E-state index contributed by atoms with van der Waals surface area (Å²) >= 11 is 0. The van der Waals surface area contributed by atoms with Crippen LogP contribution in [-0.4, -0.2) is 62.3 Å². The van der Waals surface area contributed by atoms with Gasteiger partial charge in [-0.15, -0.1) is 0 Å². The number of ether oxygens (including phenoxy) is 2. The monoisotopic (exact) mass is 555 g/mol. The Morgan fingerprint density at radius 2 is 1.47 bits per heavy atom. The van der Waals surface area contributed by atoms with E-state index in [1.807, 2.05) is 38.4 Å². The van der Waals surface area contributed by atoms with E-state index in [0.29, 0.717) is 19.6 Å². The van der Waals surface area contributed by atoms with E-state index in [2.05, 4.69) is 11.8 Å². The lowest BCUT2D eigenvalue weighted by Crippen LogP contribution is -2.24. The molecule has 1 aromatic rings. The minimum atomic E-state index is -2.02. The summed E-state index contributed by atoms with van der Waals surface area (Å²) in [6, 6.07) is 7.83. The highest BCUT2D eigenvalue weighted by Crippen LogP contribution is 2.33. The fourth-order valence-corrected chi connectivity index (χ4v) is 4.91. The molecule has 0 saturated carbocycles. The molecular formula is C30H54NO6P. The summed E-state index contributed by atoms with van der Waals surface area (Å²) in [4.78, 5) is 23.8. The summed E-state index contributed by atoms with van der Waals surface area (Å²) in [5.74, 6) is 0.418. The first-order chi connectivity index (χ1) is 18.4. The quantitative estimate of drug-likeness (QED) is 0.0763. The summed E-state index contributed by atoms with van der Waals surface area (Å²) < 4.78 is 22.4. The van der Waals surface area contributed by atoms with Crippen molar-refractivity contribution in [2.75, 3.05) is 40.5 Å². The Morgan fingerprint density at radius 3 is 2.08 bits per heavy atom. The molecule has 1 N–H and O–H groups in total. The minimum Gasteiger partial charge on any atom is -0.493 e. The van der Waals surface area contributed by atoms with E-state index >= 15 is 0 Å². The summed E-state index contributed by atoms with van der Waals surface area (Å²) in [5.41, 5.74) is 0.954. The van der Waals surface area contributed by atoms with Gasteiger partial charge in [-0.25, -0.2) is 0 Å². The van der Waals surface area contributed by atoms with Gasteiger partial charge in [0, 0.05) is 13.3 Å². The molecule has 1 rings (SSSR count). The molecule has 8 heteroatoms. The van der Waals surface area contributed by atoms with Gasteiger partial charge in [-0.2, -0.15) is 0 Å². The molecule has 0 spiro atoms. The van der Waals surface area contributed by atoms with Gasteiger partial charge in [0.15, 0.2) is 0 Å². The molecule has 7 nitrogen and oxygen atoms in total. The normalized spacial score (nSPS) is 13.0. The molecule has 0 saturated heterocycles. The van der Waals surface area contributed by atoms with Crippen LogP contribution in [0.15, 0.2) is 24.3 Å². The standard InChI is InChI=1S/C30H54NO6P/c1-5-6-7-8-9-10-11-12-13-14-15-18-23-34-30-21-17-16-20-28(30)25-29(37-27(2)32)26-36-38(33)35-24-19-22-31(3)4/h16-17,20-21,29,33H,5-15,18-19,22-26H2,1-4H3. The van der Waals surface area contributed by atoms with E-state index in [9.17, 15) is 9.69 Å². The molecule has 38 heavy (non-hydrogen) atoms. The number of esters is 1. The van der Waals surface area contributed by atoms with Gasteiger partial charge in [-0.3, -0.25) is 4.79 Å². The molecule has 2 unspecified atom stereocenters. The number of carbonyl (C=O) groups excluding carboxylic acids is 1. The molecule has 0 aliphatic rings. The Morgan fingerprint density at radius 1 is 0.868 bits per heavy atom. The average molecular weight is 556 g/mol. The number of hydrogen-bond donors (Lipinski definition) is 1. The zero-order valence-electron chi connectivity index (χ0n) is 24.5. The molecule has 0 aliphatic heterocycles. The van der Waals surface area contributed by atoms with E-state index in [4.69, 9.17) is 18.5 Å². The van der Waals surface area contributed by atoms with Gasteiger partial charge in [-0.1, -0.05) is 95.8 Å². The second-order valence-electron chi connectivity index (χ2n) is 10.3. The molecule has 0 heterocycles. The van der Waals surface area contributed by atoms with Crippen molar-refractivity contribution in [3.05, 3.63) is 29.8 Å². The second-order valence-corrected chi connectivity index (χ2v) is 11.3. The maximum absolute atomic E-state index is 11.7. The Bertz CT molecular complexity index is 705. The number of para-hydroxylation sites is 1. The molecule has 0 aromatic heterocycles. The van der Waals surface area contributed by atoms with Crippen LogP contribution >= 0.6 is 8.60 Å². The van der Waals surface area contributed by atoms with Crippen LogP contribution in [0.2, 0.25) is 0 Å². The van der Waals surface area contributed by atoms with Crippen molar-refractivity contribution in [2.24, 2.45) is 0 Å². The van der Waals surface area contributed by atoms with Crippen LogP contribution in [-0.2, 0) is 25.0 Å². The van der Waals surface area contributed by atoms with Crippen molar-refractivity contribution in [3.63, 3.8) is 0 Å². The van der Waals surface area contributed by atoms with Crippen molar-refractivity contribution in [3.8, 4) is 5.75 Å². The summed E-state index contributed by atoms with van der Waals surface area (Å²) in [5, 5.41) is 0. The number of unbranched alkanes of at least 4 members (excludes halogenated alkanes) is 11. The van der Waals surface area contributed by atoms with Crippen LogP contribution in [0.5, 0.6) is 5.75 Å². The van der Waals surface area contributed by atoms with Crippen LogP contribution in [0.1, 0.15) is 103 Å². The summed E-state index contributed by atoms with van der Waals surface area (Å²) in [6.07, 6.45) is 16.5. The molecule has 1 aromatic carbocycles. The highest BCUT2D eigenvalue weighted by atomic mass is 31.2. The Balaban J connectivity index is 2.31. The topological polar surface area (TPSA) is 77.5 Å². The third kappa shape index (κ3) is 19.8. The Kier molecular flexibility index (Phi) is 21.6. The lowest BCUT2D eigenvalue weighted by atomic mass is 10.1. The third-order valence-electron chi connectivity index (χ3n) is 6.33. The number of benzene rings is 1. The van der Waals surface area contributed by atoms with E-state index < -0.39 is 14.7 Å². The molecule has 0 aliphatic carbocycles. The predicted octanol–water partition coefficient (Wildman–Crippen LogP) is 7.44. The molecule has 0 fully saturated rings.